The highest BCUT2D eigenvalue weighted by atomic mass is 19.1. The zero-order valence-corrected chi connectivity index (χ0v) is 12.4. The van der Waals surface area contributed by atoms with Crippen LogP contribution < -0.4 is 4.74 Å². The number of aldehydes is 1. The lowest BCUT2D eigenvalue weighted by Gasteiger charge is -2.57. The van der Waals surface area contributed by atoms with Gasteiger partial charge in [-0.05, 0) is 68.4 Å². The van der Waals surface area contributed by atoms with Crippen molar-refractivity contribution in [3.63, 3.8) is 0 Å². The van der Waals surface area contributed by atoms with E-state index in [4.69, 9.17) is 4.74 Å². The molecule has 0 atom stereocenters. The first-order chi connectivity index (χ1) is 10.1. The first kappa shape index (κ1) is 13.3. The molecule has 3 heteroatoms. The van der Waals surface area contributed by atoms with Gasteiger partial charge < -0.3 is 4.74 Å². The number of halogens is 1. The average molecular weight is 288 g/mol. The molecule has 4 bridgehead atoms. The summed E-state index contributed by atoms with van der Waals surface area (Å²) in [5.74, 6) is 2.49. The number of hydrogen-bond acceptors (Lipinski definition) is 2. The van der Waals surface area contributed by atoms with Crippen LogP contribution in [0.3, 0.4) is 0 Å². The molecule has 1 aromatic rings. The van der Waals surface area contributed by atoms with Gasteiger partial charge in [0.1, 0.15) is 11.6 Å². The van der Waals surface area contributed by atoms with Crippen LogP contribution in [-0.2, 0) is 5.41 Å². The lowest BCUT2D eigenvalue weighted by molar-refractivity contribution is -0.00780. The maximum atomic E-state index is 14.9. The Balaban J connectivity index is 1.87. The molecule has 4 saturated carbocycles. The summed E-state index contributed by atoms with van der Waals surface area (Å²) in [6.07, 6.45) is 7.76. The Morgan fingerprint density at radius 3 is 2.19 bits per heavy atom. The van der Waals surface area contributed by atoms with Crippen LogP contribution in [0.5, 0.6) is 5.75 Å². The largest absolute Gasteiger partial charge is 0.496 e. The van der Waals surface area contributed by atoms with Crippen LogP contribution in [0.15, 0.2) is 12.1 Å². The molecule has 0 aliphatic heterocycles. The fraction of sp³-hybridized carbons (Fsp3) is 0.611. The van der Waals surface area contributed by atoms with E-state index in [2.05, 4.69) is 0 Å². The number of hydrogen-bond donors (Lipinski definition) is 0. The van der Waals surface area contributed by atoms with Crippen LogP contribution in [0.1, 0.15) is 54.4 Å². The standard InChI is InChI=1S/C18H21FO2/c1-21-15-3-2-14(10-20)17(19)16(15)18-7-11-4-12(8-18)6-13(5-11)9-18/h2-3,10-13H,4-9H2,1H3. The van der Waals surface area contributed by atoms with E-state index in [1.807, 2.05) is 0 Å². The Morgan fingerprint density at radius 2 is 1.71 bits per heavy atom. The molecule has 0 aromatic heterocycles. The van der Waals surface area contributed by atoms with Crippen LogP contribution in [-0.4, -0.2) is 13.4 Å². The molecular weight excluding hydrogens is 267 g/mol. The summed E-state index contributed by atoms with van der Waals surface area (Å²) in [7, 11) is 1.60. The van der Waals surface area contributed by atoms with Gasteiger partial charge >= 0.3 is 0 Å². The molecule has 112 valence electrons. The van der Waals surface area contributed by atoms with Crippen LogP contribution in [0, 0.1) is 23.6 Å². The topological polar surface area (TPSA) is 26.3 Å². The highest BCUT2D eigenvalue weighted by Crippen LogP contribution is 2.62. The van der Waals surface area contributed by atoms with E-state index < -0.39 is 0 Å². The van der Waals surface area contributed by atoms with Gasteiger partial charge in [0, 0.05) is 11.0 Å². The van der Waals surface area contributed by atoms with Gasteiger partial charge in [-0.2, -0.15) is 0 Å². The minimum atomic E-state index is -0.341. The van der Waals surface area contributed by atoms with Crippen LogP contribution in [0.25, 0.3) is 0 Å². The predicted octanol–water partition coefficient (Wildman–Crippen LogP) is 4.11. The number of ether oxygens (including phenoxy) is 1. The second-order valence-electron chi connectivity index (χ2n) is 7.36. The van der Waals surface area contributed by atoms with Gasteiger partial charge in [0.05, 0.1) is 12.7 Å². The first-order valence-electron chi connectivity index (χ1n) is 7.97. The van der Waals surface area contributed by atoms with Crippen molar-refractivity contribution < 1.29 is 13.9 Å². The molecule has 0 radical (unpaired) electrons. The van der Waals surface area contributed by atoms with Crippen LogP contribution >= 0.6 is 0 Å². The Labute approximate surface area is 124 Å². The quantitative estimate of drug-likeness (QED) is 0.782. The van der Waals surface area contributed by atoms with Crippen molar-refractivity contribution in [1.29, 1.82) is 0 Å². The molecule has 0 saturated heterocycles. The zero-order valence-electron chi connectivity index (χ0n) is 12.4. The van der Waals surface area contributed by atoms with Gasteiger partial charge in [-0.15, -0.1) is 0 Å². The highest BCUT2D eigenvalue weighted by molar-refractivity contribution is 5.76. The van der Waals surface area contributed by atoms with E-state index in [1.165, 1.54) is 25.3 Å². The fourth-order valence-electron chi connectivity index (χ4n) is 5.75. The van der Waals surface area contributed by atoms with Crippen molar-refractivity contribution in [1.82, 2.24) is 0 Å². The first-order valence-corrected chi connectivity index (χ1v) is 7.97. The molecule has 4 fully saturated rings. The number of methoxy groups -OCH3 is 1. The third kappa shape index (κ3) is 1.86. The van der Waals surface area contributed by atoms with Gasteiger partial charge in [0.25, 0.3) is 0 Å². The molecule has 21 heavy (non-hydrogen) atoms. The van der Waals surface area contributed by atoms with E-state index in [0.717, 1.165) is 37.0 Å². The molecule has 1 aromatic carbocycles. The van der Waals surface area contributed by atoms with Gasteiger partial charge in [-0.25, -0.2) is 4.39 Å². The summed E-state index contributed by atoms with van der Waals surface area (Å²) in [5.41, 5.74) is 0.763. The lowest BCUT2D eigenvalue weighted by atomic mass is 9.48. The summed E-state index contributed by atoms with van der Waals surface area (Å²) in [4.78, 5) is 11.1. The van der Waals surface area contributed by atoms with E-state index in [0.29, 0.717) is 17.6 Å². The normalized spacial score (nSPS) is 36.8. The van der Waals surface area contributed by atoms with E-state index >= 15 is 0 Å². The maximum absolute atomic E-state index is 14.9. The Hall–Kier alpha value is -1.38. The summed E-state index contributed by atoms with van der Waals surface area (Å²) in [6.45, 7) is 0. The summed E-state index contributed by atoms with van der Waals surface area (Å²) in [6, 6.07) is 3.30. The molecule has 0 unspecified atom stereocenters. The predicted molar refractivity (Wildman–Crippen MR) is 78.2 cm³/mol. The second kappa shape index (κ2) is 4.56. The van der Waals surface area contributed by atoms with E-state index in [1.54, 1.807) is 13.2 Å². The van der Waals surface area contributed by atoms with E-state index in [9.17, 15) is 9.18 Å². The number of benzene rings is 1. The summed E-state index contributed by atoms with van der Waals surface area (Å²) >= 11 is 0. The SMILES string of the molecule is COc1ccc(C=O)c(F)c1C12CC3CC(CC(C3)C1)C2. The molecule has 0 amide bonds. The van der Waals surface area contributed by atoms with Crippen molar-refractivity contribution >= 4 is 6.29 Å². The average Bonchev–Trinajstić information content (AvgIpc) is 2.45. The Bertz CT molecular complexity index is 558. The fourth-order valence-corrected chi connectivity index (χ4v) is 5.75. The second-order valence-corrected chi connectivity index (χ2v) is 7.36. The molecule has 2 nitrogen and oxygen atoms in total. The van der Waals surface area contributed by atoms with Crippen molar-refractivity contribution in [2.24, 2.45) is 17.8 Å². The molecule has 0 N–H and O–H groups in total. The smallest absolute Gasteiger partial charge is 0.153 e. The molecule has 4 aliphatic carbocycles. The van der Waals surface area contributed by atoms with Gasteiger partial charge in [0.15, 0.2) is 6.29 Å². The number of carbonyl (C=O) groups excluding carboxylic acids is 1. The third-order valence-electron chi connectivity index (χ3n) is 6.05. The van der Waals surface area contributed by atoms with Crippen LogP contribution in [0.2, 0.25) is 0 Å². The highest BCUT2D eigenvalue weighted by Gasteiger charge is 2.53. The Morgan fingerprint density at radius 1 is 1.14 bits per heavy atom. The van der Waals surface area contributed by atoms with Gasteiger partial charge in [-0.3, -0.25) is 4.79 Å². The summed E-state index contributed by atoms with van der Waals surface area (Å²) < 4.78 is 20.4. The lowest BCUT2D eigenvalue weighted by Crippen LogP contribution is -2.49. The van der Waals surface area contributed by atoms with Gasteiger partial charge in [0.2, 0.25) is 0 Å². The minimum Gasteiger partial charge on any atom is -0.496 e. The van der Waals surface area contributed by atoms with Crippen molar-refractivity contribution in [3.8, 4) is 5.75 Å². The monoisotopic (exact) mass is 288 g/mol. The molecule has 0 spiro atoms. The maximum Gasteiger partial charge on any atom is 0.153 e. The number of carbonyl (C=O) groups is 1. The number of rotatable bonds is 3. The van der Waals surface area contributed by atoms with Crippen molar-refractivity contribution in [3.05, 3.63) is 29.1 Å². The van der Waals surface area contributed by atoms with Crippen molar-refractivity contribution in [2.45, 2.75) is 43.9 Å². The van der Waals surface area contributed by atoms with Crippen LogP contribution in [0.4, 0.5) is 4.39 Å². The zero-order chi connectivity index (χ0) is 14.6. The summed E-state index contributed by atoms with van der Waals surface area (Å²) in [5, 5.41) is 0. The van der Waals surface area contributed by atoms with Gasteiger partial charge in [-0.1, -0.05) is 0 Å². The van der Waals surface area contributed by atoms with Crippen molar-refractivity contribution in [2.75, 3.05) is 7.11 Å². The minimum absolute atomic E-state index is 0.0941. The molecule has 0 heterocycles. The molecular formula is C18H21FO2. The third-order valence-corrected chi connectivity index (χ3v) is 6.05. The Kier molecular flexibility index (Phi) is 2.88. The molecule has 5 rings (SSSR count). The van der Waals surface area contributed by atoms with E-state index in [-0.39, 0.29) is 16.8 Å². The molecule has 4 aliphatic rings.